The second-order valence-electron chi connectivity index (χ2n) is 5.90. The van der Waals surface area contributed by atoms with E-state index < -0.39 is 0 Å². The van der Waals surface area contributed by atoms with E-state index in [0.29, 0.717) is 11.1 Å². The Hall–Kier alpha value is -2.67. The molecular weight excluding hydrogens is 316 g/mol. The second kappa shape index (κ2) is 14.7. The van der Waals surface area contributed by atoms with Crippen molar-refractivity contribution in [2.24, 2.45) is 0 Å². The van der Waals surface area contributed by atoms with Gasteiger partial charge in [-0.2, -0.15) is 0 Å². The number of hydrogen-bond donors (Lipinski definition) is 0. The molecule has 0 unspecified atom stereocenters. The van der Waals surface area contributed by atoms with Crippen LogP contribution in [-0.4, -0.2) is 5.78 Å². The minimum atomic E-state index is -0.0691. The average molecular weight is 351 g/mol. The molecule has 0 bridgehead atoms. The quantitative estimate of drug-likeness (QED) is 0.296. The van der Waals surface area contributed by atoms with Crippen LogP contribution >= 0.6 is 0 Å². The summed E-state index contributed by atoms with van der Waals surface area (Å²) >= 11 is 0. The van der Waals surface area contributed by atoms with Crippen LogP contribution in [0.4, 0.5) is 0 Å². The molecule has 0 amide bonds. The summed E-state index contributed by atoms with van der Waals surface area (Å²) in [6.45, 7) is 31.1. The zero-order chi connectivity index (χ0) is 20.7. The van der Waals surface area contributed by atoms with E-state index in [2.05, 4.69) is 53.3 Å². The molecule has 0 aliphatic rings. The van der Waals surface area contributed by atoms with Crippen molar-refractivity contribution in [2.45, 2.75) is 40.5 Å². The molecule has 0 saturated carbocycles. The summed E-state index contributed by atoms with van der Waals surface area (Å²) in [6.07, 6.45) is 13.0. The third-order valence-corrected chi connectivity index (χ3v) is 3.22. The number of hydrogen-bond acceptors (Lipinski definition) is 1. The van der Waals surface area contributed by atoms with Gasteiger partial charge in [-0.25, -0.2) is 0 Å². The molecule has 0 spiro atoms. The first-order valence-electron chi connectivity index (χ1n) is 8.78. The lowest BCUT2D eigenvalue weighted by Gasteiger charge is -2.02. The first kappa shape index (κ1) is 25.6. The standard InChI is InChI=1S/C22H26O.C3H8/c1-9-16(2)10-11-17(3)18(4)12-13-19(5)20(6)14-15-21(7)22(8)23;1-3-2/h10-15H,2-7,9H2,1,8H3;3H2,1-2H3/b11-10-,13-12-,15-14-;. The lowest BCUT2D eigenvalue weighted by atomic mass is 10.0. The van der Waals surface area contributed by atoms with E-state index in [1.807, 2.05) is 31.2 Å². The number of carbonyl (C=O) groups excluding carboxylic acids is 1. The second-order valence-corrected chi connectivity index (χ2v) is 5.90. The molecule has 0 aromatic heterocycles. The number of allylic oxidation sites excluding steroid dienone is 12. The smallest absolute Gasteiger partial charge is 0.159 e. The lowest BCUT2D eigenvalue weighted by molar-refractivity contribution is -0.113. The zero-order valence-electron chi connectivity index (χ0n) is 17.0. The van der Waals surface area contributed by atoms with Crippen molar-refractivity contribution in [1.29, 1.82) is 0 Å². The van der Waals surface area contributed by atoms with E-state index in [-0.39, 0.29) is 5.78 Å². The highest BCUT2D eigenvalue weighted by molar-refractivity contribution is 5.95. The summed E-state index contributed by atoms with van der Waals surface area (Å²) < 4.78 is 0. The van der Waals surface area contributed by atoms with Crippen molar-refractivity contribution in [3.05, 3.63) is 109 Å². The van der Waals surface area contributed by atoms with Crippen LogP contribution in [0.2, 0.25) is 0 Å². The highest BCUT2D eigenvalue weighted by Gasteiger charge is 1.97. The number of carbonyl (C=O) groups is 1. The van der Waals surface area contributed by atoms with Gasteiger partial charge in [-0.05, 0) is 35.6 Å². The van der Waals surface area contributed by atoms with Crippen LogP contribution in [-0.2, 0) is 4.79 Å². The number of rotatable bonds is 10. The normalized spacial score (nSPS) is 10.5. The summed E-state index contributed by atoms with van der Waals surface area (Å²) in [5, 5.41) is 0. The van der Waals surface area contributed by atoms with Crippen molar-refractivity contribution in [3.63, 3.8) is 0 Å². The molecule has 140 valence electrons. The Morgan fingerprint density at radius 1 is 0.615 bits per heavy atom. The van der Waals surface area contributed by atoms with Crippen LogP contribution in [0, 0.1) is 0 Å². The van der Waals surface area contributed by atoms with Crippen LogP contribution < -0.4 is 0 Å². The third-order valence-electron chi connectivity index (χ3n) is 3.22. The van der Waals surface area contributed by atoms with Gasteiger partial charge in [0.25, 0.3) is 0 Å². The molecule has 1 nitrogen and oxygen atoms in total. The monoisotopic (exact) mass is 350 g/mol. The van der Waals surface area contributed by atoms with Crippen molar-refractivity contribution in [3.8, 4) is 0 Å². The maximum atomic E-state index is 11.1. The van der Waals surface area contributed by atoms with Gasteiger partial charge in [0, 0.05) is 5.57 Å². The van der Waals surface area contributed by atoms with Gasteiger partial charge in [0.1, 0.15) is 0 Å². The van der Waals surface area contributed by atoms with Gasteiger partial charge in [0.15, 0.2) is 5.78 Å². The third kappa shape index (κ3) is 12.7. The molecule has 0 fully saturated rings. The predicted molar refractivity (Wildman–Crippen MR) is 119 cm³/mol. The van der Waals surface area contributed by atoms with Crippen LogP contribution in [0.25, 0.3) is 0 Å². The Labute approximate surface area is 160 Å². The maximum absolute atomic E-state index is 11.1. The van der Waals surface area contributed by atoms with Crippen LogP contribution in [0.3, 0.4) is 0 Å². The molecule has 0 heterocycles. The van der Waals surface area contributed by atoms with E-state index in [1.165, 1.54) is 13.3 Å². The first-order valence-corrected chi connectivity index (χ1v) is 8.78. The Balaban J connectivity index is 0. The van der Waals surface area contributed by atoms with E-state index in [1.54, 1.807) is 12.2 Å². The maximum Gasteiger partial charge on any atom is 0.159 e. The van der Waals surface area contributed by atoms with Gasteiger partial charge >= 0.3 is 0 Å². The molecule has 0 rings (SSSR count). The molecule has 0 aliphatic carbocycles. The Morgan fingerprint density at radius 2 is 0.885 bits per heavy atom. The average Bonchev–Trinajstić information content (AvgIpc) is 2.61. The molecule has 0 saturated heterocycles. The van der Waals surface area contributed by atoms with Gasteiger partial charge in [-0.3, -0.25) is 4.79 Å². The Kier molecular flexibility index (Phi) is 14.4. The fraction of sp³-hybridized carbons (Fsp3) is 0.240. The van der Waals surface area contributed by atoms with Crippen molar-refractivity contribution in [2.75, 3.05) is 0 Å². The fourth-order valence-electron chi connectivity index (χ4n) is 1.28. The largest absolute Gasteiger partial charge is 0.295 e. The van der Waals surface area contributed by atoms with Gasteiger partial charge in [-0.1, -0.05) is 109 Å². The first-order chi connectivity index (χ1) is 12.1. The van der Waals surface area contributed by atoms with Crippen LogP contribution in [0.15, 0.2) is 109 Å². The van der Waals surface area contributed by atoms with E-state index in [4.69, 9.17) is 0 Å². The predicted octanol–water partition coefficient (Wildman–Crippen LogP) is 7.41. The van der Waals surface area contributed by atoms with Gasteiger partial charge < -0.3 is 0 Å². The minimum absolute atomic E-state index is 0.0691. The highest BCUT2D eigenvalue weighted by atomic mass is 16.1. The summed E-state index contributed by atoms with van der Waals surface area (Å²) in [5.74, 6) is -0.0691. The SMILES string of the molecule is C=C(/C=C\C(=C)C(=C)/C=C\C(=C)C(=C)/C=C\C(=C)C(C)=O)CC.CCC. The topological polar surface area (TPSA) is 17.1 Å². The summed E-state index contributed by atoms with van der Waals surface area (Å²) in [6, 6.07) is 0. The van der Waals surface area contributed by atoms with Gasteiger partial charge in [0.2, 0.25) is 0 Å². The fourth-order valence-corrected chi connectivity index (χ4v) is 1.28. The van der Waals surface area contributed by atoms with E-state index in [9.17, 15) is 4.79 Å². The van der Waals surface area contributed by atoms with E-state index in [0.717, 1.165) is 28.7 Å². The summed E-state index contributed by atoms with van der Waals surface area (Å²) in [4.78, 5) is 11.1. The van der Waals surface area contributed by atoms with Crippen LogP contribution in [0.1, 0.15) is 40.5 Å². The number of Topliss-reactive ketones (excluding diaryl/α,β-unsaturated/α-hetero) is 1. The van der Waals surface area contributed by atoms with Gasteiger partial charge in [0.05, 0.1) is 0 Å². The van der Waals surface area contributed by atoms with Crippen LogP contribution in [0.5, 0.6) is 0 Å². The van der Waals surface area contributed by atoms with E-state index >= 15 is 0 Å². The highest BCUT2D eigenvalue weighted by Crippen LogP contribution is 2.15. The molecule has 0 N–H and O–H groups in total. The van der Waals surface area contributed by atoms with Crippen molar-refractivity contribution >= 4 is 5.78 Å². The molecule has 1 heteroatoms. The Bertz CT molecular complexity index is 660. The molecule has 26 heavy (non-hydrogen) atoms. The summed E-state index contributed by atoms with van der Waals surface area (Å²) in [7, 11) is 0. The minimum Gasteiger partial charge on any atom is -0.295 e. The summed E-state index contributed by atoms with van der Waals surface area (Å²) in [5.41, 5.74) is 4.51. The molecular formula is C25H34O. The van der Waals surface area contributed by atoms with Crippen molar-refractivity contribution < 1.29 is 4.79 Å². The molecule has 0 aromatic carbocycles. The molecule has 0 aliphatic heterocycles. The molecule has 0 atom stereocenters. The zero-order valence-corrected chi connectivity index (χ0v) is 17.0. The molecule has 0 radical (unpaired) electrons. The Morgan fingerprint density at radius 3 is 1.15 bits per heavy atom. The van der Waals surface area contributed by atoms with Gasteiger partial charge in [-0.15, -0.1) is 0 Å². The van der Waals surface area contributed by atoms with Crippen molar-refractivity contribution in [1.82, 2.24) is 0 Å². The number of ketones is 1. The lowest BCUT2D eigenvalue weighted by Crippen LogP contribution is -1.90. The molecule has 0 aromatic rings.